The van der Waals surface area contributed by atoms with Gasteiger partial charge in [-0.25, -0.2) is 4.79 Å². The Morgan fingerprint density at radius 2 is 1.65 bits per heavy atom. The molecule has 20 heavy (non-hydrogen) atoms. The van der Waals surface area contributed by atoms with Gasteiger partial charge in [0.05, 0.1) is 24.9 Å². The highest BCUT2D eigenvalue weighted by Gasteiger charge is 2.13. The number of rotatable bonds is 8. The van der Waals surface area contributed by atoms with E-state index < -0.39 is 0 Å². The molecule has 1 aromatic rings. The minimum absolute atomic E-state index is 0.140. The van der Waals surface area contributed by atoms with E-state index in [0.717, 1.165) is 12.8 Å². The molecule has 0 saturated carbocycles. The van der Waals surface area contributed by atoms with Crippen molar-refractivity contribution in [3.63, 3.8) is 0 Å². The molecular formula is C16H24O4. The Balaban J connectivity index is 2.90. The molecule has 0 spiro atoms. The zero-order valence-corrected chi connectivity index (χ0v) is 12.8. The Hall–Kier alpha value is -1.71. The lowest BCUT2D eigenvalue weighted by molar-refractivity contribution is 0.0377. The molecule has 4 heteroatoms. The molecule has 112 valence electrons. The molecule has 0 unspecified atom stereocenters. The van der Waals surface area contributed by atoms with Gasteiger partial charge in [0, 0.05) is 0 Å². The van der Waals surface area contributed by atoms with E-state index in [1.807, 2.05) is 27.7 Å². The van der Waals surface area contributed by atoms with Crippen LogP contribution in [0.4, 0.5) is 0 Å². The topological polar surface area (TPSA) is 44.8 Å². The predicted molar refractivity (Wildman–Crippen MR) is 78.6 cm³/mol. The molecule has 0 radical (unpaired) electrons. The molecule has 0 aliphatic rings. The average Bonchev–Trinajstić information content (AvgIpc) is 2.42. The van der Waals surface area contributed by atoms with Gasteiger partial charge < -0.3 is 14.2 Å². The van der Waals surface area contributed by atoms with Gasteiger partial charge >= 0.3 is 5.97 Å². The quantitative estimate of drug-likeness (QED) is 0.679. The fourth-order valence-electron chi connectivity index (χ4n) is 1.57. The summed E-state index contributed by atoms with van der Waals surface area (Å²) in [6.07, 6.45) is 1.68. The summed E-state index contributed by atoms with van der Waals surface area (Å²) >= 11 is 0. The number of hydrogen-bond donors (Lipinski definition) is 0. The van der Waals surface area contributed by atoms with Crippen molar-refractivity contribution in [3.05, 3.63) is 23.8 Å². The third-order valence-electron chi connectivity index (χ3n) is 2.45. The van der Waals surface area contributed by atoms with E-state index in [1.54, 1.807) is 18.2 Å². The Labute approximate surface area is 121 Å². The van der Waals surface area contributed by atoms with E-state index in [1.165, 1.54) is 0 Å². The Morgan fingerprint density at radius 1 is 1.05 bits per heavy atom. The van der Waals surface area contributed by atoms with Gasteiger partial charge in [0.2, 0.25) is 0 Å². The molecule has 0 aliphatic carbocycles. The van der Waals surface area contributed by atoms with Gasteiger partial charge in [-0.15, -0.1) is 0 Å². The minimum Gasteiger partial charge on any atom is -0.490 e. The SMILES string of the molecule is CCCOc1ccc(C(=O)OC(C)C)cc1OCCC. The highest BCUT2D eigenvalue weighted by molar-refractivity contribution is 5.90. The van der Waals surface area contributed by atoms with Crippen LogP contribution in [0.15, 0.2) is 18.2 Å². The molecule has 0 saturated heterocycles. The largest absolute Gasteiger partial charge is 0.490 e. The second-order valence-corrected chi connectivity index (χ2v) is 4.81. The lowest BCUT2D eigenvalue weighted by Gasteiger charge is -2.14. The van der Waals surface area contributed by atoms with Crippen molar-refractivity contribution in [1.29, 1.82) is 0 Å². The maximum atomic E-state index is 11.9. The van der Waals surface area contributed by atoms with E-state index >= 15 is 0 Å². The van der Waals surface area contributed by atoms with Crippen molar-refractivity contribution in [2.45, 2.75) is 46.6 Å². The van der Waals surface area contributed by atoms with Crippen LogP contribution in [0.1, 0.15) is 50.9 Å². The van der Waals surface area contributed by atoms with Gasteiger partial charge in [0.1, 0.15) is 0 Å². The molecule has 4 nitrogen and oxygen atoms in total. The van der Waals surface area contributed by atoms with E-state index in [-0.39, 0.29) is 12.1 Å². The van der Waals surface area contributed by atoms with Gasteiger partial charge in [0.15, 0.2) is 11.5 Å². The van der Waals surface area contributed by atoms with Crippen LogP contribution in [0.25, 0.3) is 0 Å². The normalized spacial score (nSPS) is 10.4. The van der Waals surface area contributed by atoms with E-state index in [4.69, 9.17) is 14.2 Å². The number of hydrogen-bond acceptors (Lipinski definition) is 4. The number of ether oxygens (including phenoxy) is 3. The summed E-state index contributed by atoms with van der Waals surface area (Å²) in [7, 11) is 0. The van der Waals surface area contributed by atoms with Gasteiger partial charge in [-0.3, -0.25) is 0 Å². The van der Waals surface area contributed by atoms with Crippen molar-refractivity contribution < 1.29 is 19.0 Å². The molecule has 0 bridgehead atoms. The van der Waals surface area contributed by atoms with Crippen molar-refractivity contribution >= 4 is 5.97 Å². The molecule has 0 amide bonds. The van der Waals surface area contributed by atoms with Crippen LogP contribution in [0.3, 0.4) is 0 Å². The average molecular weight is 280 g/mol. The maximum absolute atomic E-state index is 11.9. The first-order valence-electron chi connectivity index (χ1n) is 7.19. The number of carbonyl (C=O) groups excluding carboxylic acids is 1. The molecule has 0 aliphatic heterocycles. The Morgan fingerprint density at radius 3 is 2.20 bits per heavy atom. The lowest BCUT2D eigenvalue weighted by Crippen LogP contribution is -2.12. The van der Waals surface area contributed by atoms with Crippen molar-refractivity contribution in [2.75, 3.05) is 13.2 Å². The van der Waals surface area contributed by atoms with Crippen LogP contribution in [-0.2, 0) is 4.74 Å². The molecule has 1 aromatic carbocycles. The van der Waals surface area contributed by atoms with Gasteiger partial charge in [-0.05, 0) is 44.9 Å². The monoisotopic (exact) mass is 280 g/mol. The highest BCUT2D eigenvalue weighted by atomic mass is 16.5. The van der Waals surface area contributed by atoms with Crippen LogP contribution in [-0.4, -0.2) is 25.3 Å². The second-order valence-electron chi connectivity index (χ2n) is 4.81. The maximum Gasteiger partial charge on any atom is 0.338 e. The van der Waals surface area contributed by atoms with E-state index in [9.17, 15) is 4.79 Å². The minimum atomic E-state index is -0.344. The summed E-state index contributed by atoms with van der Waals surface area (Å²) in [6, 6.07) is 5.15. The number of benzene rings is 1. The predicted octanol–water partition coefficient (Wildman–Crippen LogP) is 3.83. The van der Waals surface area contributed by atoms with Crippen LogP contribution in [0.5, 0.6) is 11.5 Å². The fourth-order valence-corrected chi connectivity index (χ4v) is 1.57. The lowest BCUT2D eigenvalue weighted by atomic mass is 10.2. The highest BCUT2D eigenvalue weighted by Crippen LogP contribution is 2.29. The van der Waals surface area contributed by atoms with Crippen molar-refractivity contribution in [3.8, 4) is 11.5 Å². The second kappa shape index (κ2) is 8.46. The van der Waals surface area contributed by atoms with Gasteiger partial charge in [0.25, 0.3) is 0 Å². The third kappa shape index (κ3) is 5.11. The Bertz CT molecular complexity index is 426. The molecule has 0 atom stereocenters. The number of carbonyl (C=O) groups is 1. The molecule has 0 N–H and O–H groups in total. The van der Waals surface area contributed by atoms with Crippen molar-refractivity contribution in [2.24, 2.45) is 0 Å². The molecular weight excluding hydrogens is 256 g/mol. The summed E-state index contributed by atoms with van der Waals surface area (Å²) in [5.74, 6) is 0.920. The summed E-state index contributed by atoms with van der Waals surface area (Å²) < 4.78 is 16.4. The molecule has 0 fully saturated rings. The zero-order valence-electron chi connectivity index (χ0n) is 12.8. The summed E-state index contributed by atoms with van der Waals surface area (Å²) in [4.78, 5) is 11.9. The van der Waals surface area contributed by atoms with Crippen LogP contribution in [0, 0.1) is 0 Å². The van der Waals surface area contributed by atoms with E-state index in [0.29, 0.717) is 30.3 Å². The van der Waals surface area contributed by atoms with E-state index in [2.05, 4.69) is 0 Å². The van der Waals surface area contributed by atoms with Crippen molar-refractivity contribution in [1.82, 2.24) is 0 Å². The number of esters is 1. The smallest absolute Gasteiger partial charge is 0.338 e. The fraction of sp³-hybridized carbons (Fsp3) is 0.562. The summed E-state index contributed by atoms with van der Waals surface area (Å²) in [6.45, 7) is 8.93. The van der Waals surface area contributed by atoms with Crippen LogP contribution < -0.4 is 9.47 Å². The molecule has 0 heterocycles. The Kier molecular flexibility index (Phi) is 6.91. The standard InChI is InChI=1S/C16H24O4/c1-5-9-18-14-8-7-13(16(17)20-12(3)4)11-15(14)19-10-6-2/h7-8,11-12H,5-6,9-10H2,1-4H3. The van der Waals surface area contributed by atoms with Gasteiger partial charge in [-0.2, -0.15) is 0 Å². The van der Waals surface area contributed by atoms with Crippen LogP contribution in [0.2, 0.25) is 0 Å². The van der Waals surface area contributed by atoms with Gasteiger partial charge in [-0.1, -0.05) is 13.8 Å². The zero-order chi connectivity index (χ0) is 15.0. The van der Waals surface area contributed by atoms with Crippen LogP contribution >= 0.6 is 0 Å². The summed E-state index contributed by atoms with van der Waals surface area (Å²) in [5, 5.41) is 0. The molecule has 1 rings (SSSR count). The first kappa shape index (κ1) is 16.3. The first-order chi connectivity index (χ1) is 9.58. The first-order valence-corrected chi connectivity index (χ1v) is 7.19. The summed E-state index contributed by atoms with van der Waals surface area (Å²) in [5.41, 5.74) is 0.480. The third-order valence-corrected chi connectivity index (χ3v) is 2.45. The molecule has 0 aromatic heterocycles.